The number of amides is 1. The molecule has 0 atom stereocenters. The van der Waals surface area contributed by atoms with Gasteiger partial charge in [0.2, 0.25) is 0 Å². The first-order valence-electron chi connectivity index (χ1n) is 4.48. The van der Waals surface area contributed by atoms with Gasteiger partial charge in [0.1, 0.15) is 0 Å². The average Bonchev–Trinajstić information content (AvgIpc) is 2.14. The van der Waals surface area contributed by atoms with E-state index >= 15 is 0 Å². The number of hydrogen-bond donors (Lipinski definition) is 0. The number of carbonyl (C=O) groups excluding carboxylic acids is 1. The van der Waals surface area contributed by atoms with Crippen LogP contribution in [0.4, 0.5) is 4.79 Å². The molecule has 0 aliphatic heterocycles. The third kappa shape index (κ3) is 7.06. The molecule has 4 nitrogen and oxygen atoms in total. The van der Waals surface area contributed by atoms with E-state index in [2.05, 4.69) is 0 Å². The van der Waals surface area contributed by atoms with Crippen molar-refractivity contribution in [2.24, 2.45) is 0 Å². The largest absolute Gasteiger partial charge is 0.447 e. The van der Waals surface area contributed by atoms with Gasteiger partial charge in [-0.15, -0.1) is 3.28 Å². The Hall–Kier alpha value is -0.0400. The van der Waals surface area contributed by atoms with Crippen molar-refractivity contribution < 1.29 is 14.4 Å². The zero-order valence-corrected chi connectivity index (χ0v) is 10.2. The predicted octanol–water partition coefficient (Wildman–Crippen LogP) is 2.92. The molecule has 0 aromatic carbocycles. The van der Waals surface area contributed by atoms with Gasteiger partial charge in [0.25, 0.3) is 0 Å². The van der Waals surface area contributed by atoms with Crippen LogP contribution in [0.2, 0.25) is 0 Å². The summed E-state index contributed by atoms with van der Waals surface area (Å²) in [6, 6.07) is 0. The summed E-state index contributed by atoms with van der Waals surface area (Å²) in [4.78, 5) is 16.1. The van der Waals surface area contributed by atoms with E-state index < -0.39 is 6.09 Å². The van der Waals surface area contributed by atoms with E-state index in [-0.39, 0.29) is 0 Å². The Morgan fingerprint density at radius 2 is 2.00 bits per heavy atom. The van der Waals surface area contributed by atoms with Crippen LogP contribution in [-0.4, -0.2) is 22.6 Å². The summed E-state index contributed by atoms with van der Waals surface area (Å²) in [6.45, 7) is 5.02. The molecule has 5 heteroatoms. The molecule has 78 valence electrons. The summed E-state index contributed by atoms with van der Waals surface area (Å²) in [7, 11) is 0. The molecule has 0 N–H and O–H groups in total. The van der Waals surface area contributed by atoms with Crippen molar-refractivity contribution in [3.05, 3.63) is 0 Å². The summed E-state index contributed by atoms with van der Waals surface area (Å²) < 4.78 is 6.00. The molecule has 0 spiro atoms. The average molecular weight is 301 g/mol. The highest BCUT2D eigenvalue weighted by Crippen LogP contribution is 2.04. The minimum absolute atomic E-state index is 0.428. The van der Waals surface area contributed by atoms with Crippen LogP contribution in [0.25, 0.3) is 0 Å². The lowest BCUT2D eigenvalue weighted by atomic mass is 10.4. The third-order valence-electron chi connectivity index (χ3n) is 1.28. The van der Waals surface area contributed by atoms with Crippen molar-refractivity contribution in [3.8, 4) is 0 Å². The molecule has 0 radical (unpaired) electrons. The van der Waals surface area contributed by atoms with E-state index in [1.54, 1.807) is 22.9 Å². The molecule has 0 aliphatic carbocycles. The lowest BCUT2D eigenvalue weighted by Crippen LogP contribution is -2.23. The molecule has 0 saturated carbocycles. The van der Waals surface area contributed by atoms with Crippen LogP contribution in [0, 0.1) is 0 Å². The molecular formula is C8H16INO3. The SMILES string of the molecule is CCCCOC(=O)N(I)OCCC. The van der Waals surface area contributed by atoms with E-state index in [1.807, 2.05) is 13.8 Å². The fourth-order valence-corrected chi connectivity index (χ4v) is 0.915. The molecule has 0 fully saturated rings. The number of hydroxylamine groups is 1. The quantitative estimate of drug-likeness (QED) is 0.328. The standard InChI is InChI=1S/C8H16INO3/c1-3-5-7-12-8(11)10(9)13-6-4-2/h3-7H2,1-2H3. The van der Waals surface area contributed by atoms with Crippen molar-refractivity contribution in [2.75, 3.05) is 13.2 Å². The minimum atomic E-state index is -0.428. The van der Waals surface area contributed by atoms with Crippen LogP contribution in [0.3, 0.4) is 0 Å². The van der Waals surface area contributed by atoms with Gasteiger partial charge in [0.15, 0.2) is 0 Å². The highest BCUT2D eigenvalue weighted by molar-refractivity contribution is 14.1. The lowest BCUT2D eigenvalue weighted by molar-refractivity contribution is -0.0482. The van der Waals surface area contributed by atoms with Crippen molar-refractivity contribution in [2.45, 2.75) is 33.1 Å². The smallest absolute Gasteiger partial charge is 0.443 e. The molecule has 0 bridgehead atoms. The Morgan fingerprint density at radius 3 is 2.54 bits per heavy atom. The Kier molecular flexibility index (Phi) is 8.53. The van der Waals surface area contributed by atoms with Gasteiger partial charge < -0.3 is 4.74 Å². The fourth-order valence-electron chi connectivity index (χ4n) is 0.579. The van der Waals surface area contributed by atoms with Gasteiger partial charge in [-0.3, -0.25) is 4.84 Å². The van der Waals surface area contributed by atoms with E-state index in [0.717, 1.165) is 22.5 Å². The molecular weight excluding hydrogens is 285 g/mol. The number of carbonyl (C=O) groups is 1. The molecule has 13 heavy (non-hydrogen) atoms. The van der Waals surface area contributed by atoms with E-state index in [4.69, 9.17) is 9.57 Å². The topological polar surface area (TPSA) is 38.8 Å². The molecule has 0 rings (SSSR count). The molecule has 0 aromatic rings. The normalized spacial score (nSPS) is 9.77. The van der Waals surface area contributed by atoms with Crippen LogP contribution >= 0.6 is 22.9 Å². The number of unbranched alkanes of at least 4 members (excludes halogenated alkanes) is 1. The van der Waals surface area contributed by atoms with Crippen molar-refractivity contribution in [1.82, 2.24) is 3.28 Å². The van der Waals surface area contributed by atoms with Gasteiger partial charge in [-0.25, -0.2) is 4.79 Å². The third-order valence-corrected chi connectivity index (χ3v) is 1.95. The van der Waals surface area contributed by atoms with Gasteiger partial charge in [-0.05, 0) is 12.8 Å². The maximum absolute atomic E-state index is 11.1. The van der Waals surface area contributed by atoms with E-state index in [9.17, 15) is 4.79 Å². The summed E-state index contributed by atoms with van der Waals surface area (Å²) in [5, 5.41) is 0. The maximum Gasteiger partial charge on any atom is 0.443 e. The van der Waals surface area contributed by atoms with Crippen molar-refractivity contribution in [1.29, 1.82) is 0 Å². The highest BCUT2D eigenvalue weighted by atomic mass is 127. The summed E-state index contributed by atoms with van der Waals surface area (Å²) >= 11 is 1.78. The highest BCUT2D eigenvalue weighted by Gasteiger charge is 2.11. The lowest BCUT2D eigenvalue weighted by Gasteiger charge is -2.13. The first-order valence-corrected chi connectivity index (χ1v) is 5.44. The molecule has 0 saturated heterocycles. The Morgan fingerprint density at radius 1 is 1.31 bits per heavy atom. The van der Waals surface area contributed by atoms with E-state index in [0.29, 0.717) is 13.2 Å². The Balaban J connectivity index is 3.45. The summed E-state index contributed by atoms with van der Waals surface area (Å²) in [5.74, 6) is 0. The van der Waals surface area contributed by atoms with Crippen molar-refractivity contribution in [3.63, 3.8) is 0 Å². The van der Waals surface area contributed by atoms with Gasteiger partial charge in [0.05, 0.1) is 36.1 Å². The second-order valence-corrected chi connectivity index (χ2v) is 3.42. The number of halogens is 1. The molecule has 1 amide bonds. The van der Waals surface area contributed by atoms with Gasteiger partial charge in [-0.1, -0.05) is 20.3 Å². The zero-order valence-electron chi connectivity index (χ0n) is 8.09. The van der Waals surface area contributed by atoms with Crippen LogP contribution in [0.5, 0.6) is 0 Å². The summed E-state index contributed by atoms with van der Waals surface area (Å²) in [5.41, 5.74) is 0. The van der Waals surface area contributed by atoms with Gasteiger partial charge >= 0.3 is 6.09 Å². The molecule has 0 aromatic heterocycles. The zero-order chi connectivity index (χ0) is 10.1. The monoisotopic (exact) mass is 301 g/mol. The second-order valence-electron chi connectivity index (χ2n) is 2.55. The second kappa shape index (κ2) is 8.55. The predicted molar refractivity (Wildman–Crippen MR) is 58.4 cm³/mol. The molecule has 0 aliphatic rings. The van der Waals surface area contributed by atoms with Gasteiger partial charge in [-0.2, -0.15) is 0 Å². The minimum Gasteiger partial charge on any atom is -0.447 e. The van der Waals surface area contributed by atoms with E-state index in [1.165, 1.54) is 0 Å². The Labute approximate surface area is 93.0 Å². The molecule has 0 unspecified atom stereocenters. The first kappa shape index (κ1) is 13.0. The number of hydrogen-bond acceptors (Lipinski definition) is 3. The number of ether oxygens (including phenoxy) is 1. The molecule has 0 heterocycles. The first-order chi connectivity index (χ1) is 6.22. The number of nitrogens with zero attached hydrogens (tertiary/aromatic N) is 1. The number of rotatable bonds is 6. The Bertz CT molecular complexity index is 143. The van der Waals surface area contributed by atoms with Crippen LogP contribution in [0.1, 0.15) is 33.1 Å². The fraction of sp³-hybridized carbons (Fsp3) is 0.875. The van der Waals surface area contributed by atoms with Crippen LogP contribution in [0.15, 0.2) is 0 Å². The van der Waals surface area contributed by atoms with Crippen LogP contribution < -0.4 is 0 Å². The van der Waals surface area contributed by atoms with Gasteiger partial charge in [0, 0.05) is 0 Å². The maximum atomic E-state index is 11.1. The van der Waals surface area contributed by atoms with Crippen LogP contribution in [-0.2, 0) is 9.57 Å². The van der Waals surface area contributed by atoms with Crippen molar-refractivity contribution >= 4 is 29.0 Å². The summed E-state index contributed by atoms with van der Waals surface area (Å²) in [6.07, 6.45) is 2.36.